The van der Waals surface area contributed by atoms with E-state index in [9.17, 15) is 58.5 Å². The van der Waals surface area contributed by atoms with E-state index < -0.39 is 180 Å². The van der Waals surface area contributed by atoms with Gasteiger partial charge in [0.2, 0.25) is 82.5 Å². The molecule has 3 heterocycles. The molecule has 1 unspecified atom stereocenters. The summed E-state index contributed by atoms with van der Waals surface area (Å²) in [6.45, 7) is 13.0. The second-order valence-corrected chi connectivity index (χ2v) is 30.8. The maximum absolute atomic E-state index is 15.6. The van der Waals surface area contributed by atoms with Gasteiger partial charge in [-0.05, 0) is 132 Å². The Kier molecular flexibility index (Phi) is 36.3. The number of carbonyl (C=O) groups is 14. The summed E-state index contributed by atoms with van der Waals surface area (Å²) >= 11 is 0. The number of phenolic OH excluding ortho intramolecular Hbond substituents is 1. The zero-order chi connectivity index (χ0) is 84.7. The topological polar surface area (TPSA) is 541 Å². The summed E-state index contributed by atoms with van der Waals surface area (Å²) in [7, 11) is 0. The van der Waals surface area contributed by atoms with Crippen molar-refractivity contribution in [1.82, 2.24) is 79.0 Å². The molecule has 5 aromatic rings. The number of amides is 12. The lowest BCUT2D eigenvalue weighted by atomic mass is 9.91. The number of allylic oxidation sites excluding steroid dienone is 2. The van der Waals surface area contributed by atoms with Crippen molar-refractivity contribution in [3.8, 4) is 5.75 Å². The van der Waals surface area contributed by atoms with Crippen molar-refractivity contribution in [3.05, 3.63) is 132 Å². The number of primary amides is 2. The summed E-state index contributed by atoms with van der Waals surface area (Å²) < 4.78 is 0. The number of aromatic amines is 2. The first-order valence-corrected chi connectivity index (χ1v) is 39.0. The quantitative estimate of drug-likeness (QED) is 0.0255. The SMILES string of the molecule is CC(=O)N[C@@H](CC(C)C)C(=O)N[C@H](C(=O)N[C@@H](Cc1ccccc1)C(=O)N[C@]1(C)CCCCCC/C=C/CCC[C@@](C)(C(=O)N[C@@H](CO)C(N)=O)NN[C@@H](CC(C)C)C(=O)C(=O)[C@H](CCC(N)=O)NC(=O)C(C)NC(=O)[C@H](Cc2c[nH]c3ccccc23)NC(=O)[C@H](Cc2ccc(O)cc2)NC(=O)[C@H](Cc2cnc[nH]2)NC1=O)[C@@H](C)O. The number of imidazole rings is 1. The first kappa shape index (κ1) is 92.6. The summed E-state index contributed by atoms with van der Waals surface area (Å²) in [6, 6.07) is 5.99. The molecule has 0 radical (unpaired) electrons. The largest absolute Gasteiger partial charge is 0.508 e. The van der Waals surface area contributed by atoms with Crippen LogP contribution in [0.3, 0.4) is 0 Å². The van der Waals surface area contributed by atoms with Crippen molar-refractivity contribution in [2.24, 2.45) is 23.3 Å². The number of aromatic nitrogens is 3. The van der Waals surface area contributed by atoms with Gasteiger partial charge in [-0.15, -0.1) is 0 Å². The first-order chi connectivity index (χ1) is 54.5. The van der Waals surface area contributed by atoms with Gasteiger partial charge in [0.25, 0.3) is 0 Å². The van der Waals surface area contributed by atoms with Gasteiger partial charge < -0.3 is 89.9 Å². The highest BCUT2D eigenvalue weighted by Crippen LogP contribution is 2.24. The van der Waals surface area contributed by atoms with Gasteiger partial charge >= 0.3 is 0 Å². The van der Waals surface area contributed by atoms with Crippen LogP contribution in [0.4, 0.5) is 0 Å². The molecule has 21 N–H and O–H groups in total. The van der Waals surface area contributed by atoms with Gasteiger partial charge in [-0.1, -0.05) is 120 Å². The van der Waals surface area contributed by atoms with E-state index in [1.807, 2.05) is 26.0 Å². The number of rotatable bonds is 27. The van der Waals surface area contributed by atoms with Crippen molar-refractivity contribution in [2.75, 3.05) is 6.61 Å². The number of H-pyrrole nitrogens is 2. The molecule has 0 saturated heterocycles. The molecule has 3 aromatic carbocycles. The molecule has 0 fully saturated rings. The van der Waals surface area contributed by atoms with Gasteiger partial charge in [-0.3, -0.25) is 67.1 Å². The number of hydrazine groups is 1. The Labute approximate surface area is 668 Å². The van der Waals surface area contributed by atoms with Crippen LogP contribution in [0.25, 0.3) is 10.9 Å². The van der Waals surface area contributed by atoms with Crippen molar-refractivity contribution in [1.29, 1.82) is 0 Å². The molecule has 34 nitrogen and oxygen atoms in total. The van der Waals surface area contributed by atoms with Gasteiger partial charge in [-0.25, -0.2) is 15.8 Å². The molecule has 0 saturated carbocycles. The van der Waals surface area contributed by atoms with Crippen molar-refractivity contribution in [2.45, 2.75) is 249 Å². The zero-order valence-corrected chi connectivity index (χ0v) is 66.8. The first-order valence-electron chi connectivity index (χ1n) is 39.0. The number of aromatic hydroxyl groups is 1. The van der Waals surface area contributed by atoms with Crippen molar-refractivity contribution < 1.29 is 82.4 Å². The van der Waals surface area contributed by atoms with E-state index in [-0.39, 0.29) is 75.4 Å². The normalized spacial score (nSPS) is 22.9. The van der Waals surface area contributed by atoms with E-state index in [0.717, 1.165) is 0 Å². The molecule has 34 heteroatoms. The Morgan fingerprint density at radius 3 is 1.84 bits per heavy atom. The number of nitrogens with zero attached hydrogens (tertiary/aromatic N) is 1. The Bertz CT molecular complexity index is 4170. The Morgan fingerprint density at radius 2 is 1.23 bits per heavy atom. The molecule has 12 amide bonds. The Hall–Kier alpha value is -11.2. The van der Waals surface area contributed by atoms with Crippen LogP contribution >= 0.6 is 0 Å². The highest BCUT2D eigenvalue weighted by Gasteiger charge is 2.43. The van der Waals surface area contributed by atoms with E-state index >= 15 is 24.0 Å². The highest BCUT2D eigenvalue weighted by molar-refractivity contribution is 6.41. The van der Waals surface area contributed by atoms with Gasteiger partial charge in [0.15, 0.2) is 0 Å². The number of Topliss-reactive ketones (excluding diaryl/α,β-unsaturated/α-hetero) is 2. The van der Waals surface area contributed by atoms with Crippen LogP contribution in [0.1, 0.15) is 168 Å². The van der Waals surface area contributed by atoms with Crippen LogP contribution in [0.2, 0.25) is 0 Å². The third kappa shape index (κ3) is 29.6. The average molecular weight is 1600 g/mol. The number of fused-ring (bicyclic) bond motifs is 1. The number of para-hydroxylation sites is 1. The molecule has 0 bridgehead atoms. The standard InChI is InChI=1S/C81H115N17O17/c1-46(2)36-59-69(105)68(104)58(32-33-66(82)103)89-71(107)48(5)87-72(108)63(40-53-42-85-57-27-21-20-26-56(53)57)91-73(109)61(39-52-28-30-55(102)31-29-52)90-74(110)64(41-54-43-84-45-86-54)93-78(114)80(8,34-22-15-13-11-10-12-14-16-23-35-81(9,98-97-59)79(115)94-65(44-99)70(83)106)96-76(112)62(38-51-24-18-17-19-25-51)92-77(113)67(49(6)100)95-75(111)60(37-47(3)4)88-50(7)101/h12,14,17-21,24-31,42-43,45-49,58-65,67,85,97-100,102H,10-11,13,15-16,22-23,32-41,44H2,1-9H3,(H2,82,103)(H2,83,106)(H,84,86)(H,87,108)(H,88,101)(H,89,107)(H,90,110)(H,91,109)(H,92,113)(H,93,114)(H,94,115)(H,95,111)(H,96,112)/b14-12+/t48?,49-,58+,59+,60+,61+,62+,63+,64+,65+,67+,80-,81+/m1/s1. The molecule has 1 aliphatic rings. The predicted octanol–water partition coefficient (Wildman–Crippen LogP) is 0.802. The second-order valence-electron chi connectivity index (χ2n) is 30.8. The molecule has 626 valence electrons. The zero-order valence-electron chi connectivity index (χ0n) is 66.8. The number of nitrogens with one attached hydrogen (secondary N) is 14. The number of ketones is 2. The molecular formula is C81H115N17O17. The Morgan fingerprint density at radius 1 is 0.609 bits per heavy atom. The summed E-state index contributed by atoms with van der Waals surface area (Å²) in [5, 5.41) is 58.8. The van der Waals surface area contributed by atoms with Crippen molar-refractivity contribution in [3.63, 3.8) is 0 Å². The van der Waals surface area contributed by atoms with Gasteiger partial charge in [0, 0.05) is 68.0 Å². The number of hydrogen-bond donors (Lipinski definition) is 19. The van der Waals surface area contributed by atoms with Crippen LogP contribution in [0.15, 0.2) is 110 Å². The summed E-state index contributed by atoms with van der Waals surface area (Å²) in [5.74, 6) is -13.6. The van der Waals surface area contributed by atoms with E-state index in [1.54, 1.807) is 74.6 Å². The lowest BCUT2D eigenvalue weighted by Crippen LogP contribution is -2.65. The molecule has 0 spiro atoms. The third-order valence-corrected chi connectivity index (χ3v) is 19.8. The van der Waals surface area contributed by atoms with Crippen LogP contribution in [0, 0.1) is 11.8 Å². The maximum atomic E-state index is 15.6. The second kappa shape index (κ2) is 45.0. The Balaban J connectivity index is 1.45. The van der Waals surface area contributed by atoms with Gasteiger partial charge in [0.1, 0.15) is 65.2 Å². The summed E-state index contributed by atoms with van der Waals surface area (Å²) in [5.41, 5.74) is 15.6. The number of hydrogen-bond acceptors (Lipinski definition) is 20. The monoisotopic (exact) mass is 1600 g/mol. The van der Waals surface area contributed by atoms with E-state index in [1.165, 1.54) is 71.4 Å². The minimum atomic E-state index is -1.94. The van der Waals surface area contributed by atoms with Crippen LogP contribution in [-0.4, -0.2) is 197 Å². The predicted molar refractivity (Wildman–Crippen MR) is 426 cm³/mol. The summed E-state index contributed by atoms with van der Waals surface area (Å²) in [6.07, 6.45) is 7.90. The highest BCUT2D eigenvalue weighted by atomic mass is 16.3. The smallest absolute Gasteiger partial charge is 0.246 e. The number of benzene rings is 3. The average Bonchev–Trinajstić information content (AvgIpc) is 1.76. The van der Waals surface area contributed by atoms with E-state index in [4.69, 9.17) is 11.5 Å². The van der Waals surface area contributed by atoms with Gasteiger partial charge in [0.05, 0.1) is 31.1 Å². The fourth-order valence-electron chi connectivity index (χ4n) is 13.2. The summed E-state index contributed by atoms with van der Waals surface area (Å²) in [4.78, 5) is 210. The molecule has 13 atom stereocenters. The van der Waals surface area contributed by atoms with E-state index in [2.05, 4.69) is 79.0 Å². The van der Waals surface area contributed by atoms with Crippen LogP contribution in [-0.2, 0) is 92.8 Å². The molecule has 2 aromatic heterocycles. The maximum Gasteiger partial charge on any atom is 0.246 e. The molecular weight excluding hydrogens is 1480 g/mol. The molecule has 115 heavy (non-hydrogen) atoms. The molecule has 0 aliphatic carbocycles. The number of phenols is 1. The van der Waals surface area contributed by atoms with Crippen LogP contribution in [0.5, 0.6) is 5.75 Å². The number of carbonyl (C=O) groups excluding carboxylic acids is 14. The van der Waals surface area contributed by atoms with Crippen LogP contribution < -0.4 is 75.5 Å². The van der Waals surface area contributed by atoms with Crippen molar-refractivity contribution >= 4 is 93.4 Å². The lowest BCUT2D eigenvalue weighted by molar-refractivity contribution is -0.141. The molecule has 1 aliphatic heterocycles. The minimum absolute atomic E-state index is 0.0225. The number of aliphatic hydroxyl groups is 2. The molecule has 6 rings (SSSR count). The third-order valence-electron chi connectivity index (χ3n) is 19.8. The number of aliphatic hydroxyl groups excluding tert-OH is 2. The number of nitrogens with two attached hydrogens (primary N) is 2. The fraction of sp³-hybridized carbons (Fsp3) is 0.519. The van der Waals surface area contributed by atoms with Gasteiger partial charge in [-0.2, -0.15) is 0 Å². The fourth-order valence-corrected chi connectivity index (χ4v) is 13.2. The lowest BCUT2D eigenvalue weighted by Gasteiger charge is -2.34. The minimum Gasteiger partial charge on any atom is -0.508 e. The van der Waals surface area contributed by atoms with E-state index in [0.29, 0.717) is 71.8 Å².